The van der Waals surface area contributed by atoms with Gasteiger partial charge in [-0.25, -0.2) is 8.42 Å². The molecule has 2 aromatic rings. The largest absolute Gasteiger partial charge is 0.327 e. The SMILES string of the molecule is Cn1ccsc1=NC(=O)c1cc(S(C)(=O)=O)ccc1Cl. The molecule has 20 heavy (non-hydrogen) atoms. The van der Waals surface area contributed by atoms with Crippen molar-refractivity contribution in [3.8, 4) is 0 Å². The molecule has 106 valence electrons. The lowest BCUT2D eigenvalue weighted by Gasteiger charge is -2.03. The average molecular weight is 331 g/mol. The number of halogens is 1. The van der Waals surface area contributed by atoms with Crippen LogP contribution in [0, 0.1) is 0 Å². The third kappa shape index (κ3) is 3.17. The van der Waals surface area contributed by atoms with Crippen LogP contribution in [-0.4, -0.2) is 25.1 Å². The number of rotatable bonds is 2. The van der Waals surface area contributed by atoms with Crippen LogP contribution < -0.4 is 4.80 Å². The van der Waals surface area contributed by atoms with Crippen LogP contribution in [0.2, 0.25) is 5.02 Å². The standard InChI is InChI=1S/C12H11ClN2O3S2/c1-15-5-6-19-12(15)14-11(16)9-7-8(20(2,17)18)3-4-10(9)13/h3-7H,1-2H3. The van der Waals surface area contributed by atoms with Gasteiger partial charge in [0.05, 0.1) is 15.5 Å². The average Bonchev–Trinajstić information content (AvgIpc) is 2.74. The van der Waals surface area contributed by atoms with Gasteiger partial charge in [-0.2, -0.15) is 4.99 Å². The van der Waals surface area contributed by atoms with E-state index in [9.17, 15) is 13.2 Å². The second-order valence-electron chi connectivity index (χ2n) is 4.13. The van der Waals surface area contributed by atoms with Crippen LogP contribution in [0.3, 0.4) is 0 Å². The van der Waals surface area contributed by atoms with Gasteiger partial charge in [-0.1, -0.05) is 11.6 Å². The summed E-state index contributed by atoms with van der Waals surface area (Å²) in [5.41, 5.74) is 0.0722. The highest BCUT2D eigenvalue weighted by Gasteiger charge is 2.15. The van der Waals surface area contributed by atoms with Crippen LogP contribution in [0.25, 0.3) is 0 Å². The minimum Gasteiger partial charge on any atom is -0.327 e. The molecule has 2 rings (SSSR count). The highest BCUT2D eigenvalue weighted by molar-refractivity contribution is 7.90. The maximum Gasteiger partial charge on any atom is 0.281 e. The number of aromatic nitrogens is 1. The molecule has 0 radical (unpaired) electrons. The number of benzene rings is 1. The summed E-state index contributed by atoms with van der Waals surface area (Å²) in [6.07, 6.45) is 2.84. The zero-order chi connectivity index (χ0) is 14.9. The monoisotopic (exact) mass is 330 g/mol. The third-order valence-electron chi connectivity index (χ3n) is 2.55. The van der Waals surface area contributed by atoms with Crippen molar-refractivity contribution in [1.82, 2.24) is 4.57 Å². The maximum absolute atomic E-state index is 12.1. The molecule has 0 bridgehead atoms. The number of thiazole rings is 1. The fourth-order valence-electron chi connectivity index (χ4n) is 1.48. The Kier molecular flexibility index (Phi) is 4.12. The molecule has 0 aliphatic heterocycles. The first kappa shape index (κ1) is 15.0. The zero-order valence-corrected chi connectivity index (χ0v) is 13.1. The van der Waals surface area contributed by atoms with Crippen molar-refractivity contribution >= 4 is 38.7 Å². The molecule has 0 N–H and O–H groups in total. The molecule has 0 unspecified atom stereocenters. The molecule has 1 amide bonds. The first-order chi connectivity index (χ1) is 9.29. The molecule has 1 heterocycles. The molecule has 0 saturated carbocycles. The molecular formula is C12H11ClN2O3S2. The Hall–Kier alpha value is -1.44. The van der Waals surface area contributed by atoms with Crippen molar-refractivity contribution in [2.75, 3.05) is 6.26 Å². The molecule has 8 heteroatoms. The minimum atomic E-state index is -3.40. The molecule has 0 saturated heterocycles. The van der Waals surface area contributed by atoms with Crippen molar-refractivity contribution in [1.29, 1.82) is 0 Å². The molecule has 5 nitrogen and oxygen atoms in total. The number of amides is 1. The Morgan fingerprint density at radius 3 is 2.65 bits per heavy atom. The molecule has 0 aliphatic carbocycles. The van der Waals surface area contributed by atoms with E-state index in [1.807, 2.05) is 0 Å². The third-order valence-corrected chi connectivity index (χ3v) is 4.84. The van der Waals surface area contributed by atoms with Crippen LogP contribution in [-0.2, 0) is 16.9 Å². The first-order valence-electron chi connectivity index (χ1n) is 5.48. The molecule has 0 atom stereocenters. The van der Waals surface area contributed by atoms with E-state index in [0.717, 1.165) is 6.26 Å². The number of nitrogens with zero attached hydrogens (tertiary/aromatic N) is 2. The number of hydrogen-bond acceptors (Lipinski definition) is 4. The summed E-state index contributed by atoms with van der Waals surface area (Å²) in [5, 5.41) is 1.96. The highest BCUT2D eigenvalue weighted by atomic mass is 35.5. The summed E-state index contributed by atoms with van der Waals surface area (Å²) in [6, 6.07) is 3.99. The second kappa shape index (κ2) is 5.51. The van der Waals surface area contributed by atoms with E-state index in [0.29, 0.717) is 4.80 Å². The topological polar surface area (TPSA) is 68.5 Å². The van der Waals surface area contributed by atoms with Gasteiger partial charge in [-0.15, -0.1) is 11.3 Å². The van der Waals surface area contributed by atoms with E-state index in [1.54, 1.807) is 23.2 Å². The van der Waals surface area contributed by atoms with Crippen LogP contribution in [0.4, 0.5) is 0 Å². The summed E-state index contributed by atoms with van der Waals surface area (Å²) in [7, 11) is -1.64. The van der Waals surface area contributed by atoms with Gasteiger partial charge < -0.3 is 4.57 Å². The lowest BCUT2D eigenvalue weighted by Crippen LogP contribution is -2.13. The van der Waals surface area contributed by atoms with Gasteiger partial charge >= 0.3 is 0 Å². The van der Waals surface area contributed by atoms with E-state index in [4.69, 9.17) is 11.6 Å². The van der Waals surface area contributed by atoms with E-state index in [1.165, 1.54) is 29.5 Å². The van der Waals surface area contributed by atoms with Crippen LogP contribution in [0.5, 0.6) is 0 Å². The zero-order valence-electron chi connectivity index (χ0n) is 10.7. The fourth-order valence-corrected chi connectivity index (χ4v) is 3.05. The van der Waals surface area contributed by atoms with Crippen molar-refractivity contribution in [3.63, 3.8) is 0 Å². The predicted molar refractivity (Wildman–Crippen MR) is 77.7 cm³/mol. The summed E-state index contributed by atoms with van der Waals surface area (Å²) >= 11 is 7.24. The Balaban J connectivity index is 2.53. The maximum atomic E-state index is 12.1. The van der Waals surface area contributed by atoms with Gasteiger partial charge in [-0.3, -0.25) is 4.79 Å². The first-order valence-corrected chi connectivity index (χ1v) is 8.63. The van der Waals surface area contributed by atoms with Crippen LogP contribution in [0.1, 0.15) is 10.4 Å². The number of carbonyl (C=O) groups is 1. The van der Waals surface area contributed by atoms with E-state index < -0.39 is 15.7 Å². The van der Waals surface area contributed by atoms with E-state index in [-0.39, 0.29) is 15.5 Å². The minimum absolute atomic E-state index is 0.0380. The summed E-state index contributed by atoms with van der Waals surface area (Å²) in [6.45, 7) is 0. The van der Waals surface area contributed by atoms with E-state index >= 15 is 0 Å². The van der Waals surface area contributed by atoms with Crippen molar-refractivity contribution in [3.05, 3.63) is 45.2 Å². The molecule has 0 fully saturated rings. The smallest absolute Gasteiger partial charge is 0.281 e. The summed E-state index contributed by atoms with van der Waals surface area (Å²) in [4.78, 5) is 16.6. The second-order valence-corrected chi connectivity index (χ2v) is 7.42. The summed E-state index contributed by atoms with van der Waals surface area (Å²) < 4.78 is 24.7. The van der Waals surface area contributed by atoms with Gasteiger partial charge in [0.2, 0.25) is 0 Å². The molecular weight excluding hydrogens is 320 g/mol. The molecule has 1 aromatic heterocycles. The Morgan fingerprint density at radius 2 is 2.10 bits per heavy atom. The lowest BCUT2D eigenvalue weighted by molar-refractivity contribution is 0.0998. The molecule has 1 aromatic carbocycles. The Bertz CT molecular complexity index is 834. The van der Waals surface area contributed by atoms with Crippen molar-refractivity contribution in [2.24, 2.45) is 12.0 Å². The normalized spacial score (nSPS) is 12.7. The Morgan fingerprint density at radius 1 is 1.40 bits per heavy atom. The van der Waals surface area contributed by atoms with Gasteiger partial charge in [0, 0.05) is 24.9 Å². The Labute approximate surface area is 125 Å². The fraction of sp³-hybridized carbons (Fsp3) is 0.167. The quantitative estimate of drug-likeness (QED) is 0.844. The van der Waals surface area contributed by atoms with Gasteiger partial charge in [0.15, 0.2) is 14.6 Å². The van der Waals surface area contributed by atoms with Crippen LogP contribution in [0.15, 0.2) is 39.7 Å². The number of carbonyl (C=O) groups excluding carboxylic acids is 1. The van der Waals surface area contributed by atoms with Crippen molar-refractivity contribution < 1.29 is 13.2 Å². The van der Waals surface area contributed by atoms with Crippen LogP contribution >= 0.6 is 22.9 Å². The predicted octanol–water partition coefficient (Wildman–Crippen LogP) is 1.88. The van der Waals surface area contributed by atoms with E-state index in [2.05, 4.69) is 4.99 Å². The molecule has 0 spiro atoms. The molecule has 0 aliphatic rings. The number of hydrogen-bond donors (Lipinski definition) is 0. The lowest BCUT2D eigenvalue weighted by atomic mass is 10.2. The number of sulfone groups is 1. The van der Waals surface area contributed by atoms with Crippen molar-refractivity contribution in [2.45, 2.75) is 4.90 Å². The summed E-state index contributed by atoms with van der Waals surface area (Å²) in [5.74, 6) is -0.571. The van der Waals surface area contributed by atoms with Gasteiger partial charge in [0.1, 0.15) is 0 Å². The van der Waals surface area contributed by atoms with Gasteiger partial charge in [0.25, 0.3) is 5.91 Å². The van der Waals surface area contributed by atoms with Gasteiger partial charge in [-0.05, 0) is 18.2 Å². The highest BCUT2D eigenvalue weighted by Crippen LogP contribution is 2.21. The number of aryl methyl sites for hydroxylation is 1.